The minimum Gasteiger partial charge on any atom is -0.497 e. The molecule has 0 bridgehead atoms. The van der Waals surface area contributed by atoms with Crippen molar-refractivity contribution in [1.82, 2.24) is 9.55 Å². The molecule has 1 aromatic carbocycles. The van der Waals surface area contributed by atoms with Gasteiger partial charge in [-0.3, -0.25) is 4.79 Å². The Morgan fingerprint density at radius 2 is 2.25 bits per heavy atom. The number of benzene rings is 1. The van der Waals surface area contributed by atoms with Crippen molar-refractivity contribution in [3.8, 4) is 11.5 Å². The number of aldehydes is 1. The van der Waals surface area contributed by atoms with Gasteiger partial charge in [-0.1, -0.05) is 6.92 Å². The summed E-state index contributed by atoms with van der Waals surface area (Å²) >= 11 is 0. The first-order valence-corrected chi connectivity index (χ1v) is 6.53. The third kappa shape index (κ3) is 3.17. The molecule has 0 aliphatic carbocycles. The van der Waals surface area contributed by atoms with Crippen molar-refractivity contribution in [3.05, 3.63) is 42.0 Å². The summed E-state index contributed by atoms with van der Waals surface area (Å²) in [6.45, 7) is 3.38. The van der Waals surface area contributed by atoms with Crippen LogP contribution in [0.2, 0.25) is 0 Å². The van der Waals surface area contributed by atoms with Gasteiger partial charge in [-0.2, -0.15) is 0 Å². The molecule has 1 aromatic heterocycles. The zero-order valence-electron chi connectivity index (χ0n) is 11.7. The Labute approximate surface area is 118 Å². The average molecular weight is 274 g/mol. The standard InChI is InChI=1S/C15H18N2O3/c1-3-6-17-11-16-8-13(17)10-20-15-7-14(19-2)5-4-12(15)9-18/h4-5,7-9,11H,3,6,10H2,1-2H3. The van der Waals surface area contributed by atoms with Gasteiger partial charge in [0.2, 0.25) is 0 Å². The van der Waals surface area contributed by atoms with Crippen molar-refractivity contribution in [1.29, 1.82) is 0 Å². The van der Waals surface area contributed by atoms with Gasteiger partial charge in [0.15, 0.2) is 6.29 Å². The SMILES string of the molecule is CCCn1cncc1COc1cc(OC)ccc1C=O. The van der Waals surface area contributed by atoms with Crippen molar-refractivity contribution in [3.63, 3.8) is 0 Å². The highest BCUT2D eigenvalue weighted by molar-refractivity contribution is 5.79. The second-order valence-corrected chi connectivity index (χ2v) is 4.39. The highest BCUT2D eigenvalue weighted by atomic mass is 16.5. The number of ether oxygens (including phenoxy) is 2. The molecule has 0 unspecified atom stereocenters. The first kappa shape index (κ1) is 14.1. The first-order valence-electron chi connectivity index (χ1n) is 6.53. The number of nitrogens with zero attached hydrogens (tertiary/aromatic N) is 2. The van der Waals surface area contributed by atoms with Crippen LogP contribution in [0, 0.1) is 0 Å². The van der Waals surface area contributed by atoms with Crippen LogP contribution in [0.15, 0.2) is 30.7 Å². The van der Waals surface area contributed by atoms with Gasteiger partial charge in [-0.05, 0) is 18.6 Å². The van der Waals surface area contributed by atoms with Gasteiger partial charge in [0.1, 0.15) is 18.1 Å². The maximum absolute atomic E-state index is 11.0. The van der Waals surface area contributed by atoms with E-state index in [4.69, 9.17) is 9.47 Å². The van der Waals surface area contributed by atoms with E-state index in [-0.39, 0.29) is 0 Å². The maximum atomic E-state index is 11.0. The fraction of sp³-hybridized carbons (Fsp3) is 0.333. The van der Waals surface area contributed by atoms with E-state index in [1.54, 1.807) is 37.8 Å². The van der Waals surface area contributed by atoms with E-state index in [1.165, 1.54) is 0 Å². The predicted octanol–water partition coefficient (Wildman–Crippen LogP) is 2.69. The number of methoxy groups -OCH3 is 1. The molecular weight excluding hydrogens is 256 g/mol. The number of rotatable bonds is 7. The van der Waals surface area contributed by atoms with Gasteiger partial charge in [-0.15, -0.1) is 0 Å². The van der Waals surface area contributed by atoms with Crippen LogP contribution in [0.4, 0.5) is 0 Å². The summed E-state index contributed by atoms with van der Waals surface area (Å²) in [4.78, 5) is 15.1. The Morgan fingerprint density at radius 3 is 2.95 bits per heavy atom. The van der Waals surface area contributed by atoms with Crippen molar-refractivity contribution >= 4 is 6.29 Å². The largest absolute Gasteiger partial charge is 0.497 e. The molecule has 0 aliphatic rings. The van der Waals surface area contributed by atoms with Crippen molar-refractivity contribution in [2.24, 2.45) is 0 Å². The molecule has 0 amide bonds. The monoisotopic (exact) mass is 274 g/mol. The predicted molar refractivity (Wildman–Crippen MR) is 75.2 cm³/mol. The van der Waals surface area contributed by atoms with E-state index in [1.807, 2.05) is 4.57 Å². The Bertz CT molecular complexity index is 578. The summed E-state index contributed by atoms with van der Waals surface area (Å²) in [5.41, 5.74) is 1.49. The van der Waals surface area contributed by atoms with Gasteiger partial charge in [0.25, 0.3) is 0 Å². The average Bonchev–Trinajstić information content (AvgIpc) is 2.92. The summed E-state index contributed by atoms with van der Waals surface area (Å²) in [6, 6.07) is 5.13. The lowest BCUT2D eigenvalue weighted by Crippen LogP contribution is -2.06. The second kappa shape index (κ2) is 6.75. The molecule has 1 heterocycles. The highest BCUT2D eigenvalue weighted by Gasteiger charge is 2.07. The Kier molecular flexibility index (Phi) is 4.76. The number of carbonyl (C=O) groups excluding carboxylic acids is 1. The lowest BCUT2D eigenvalue weighted by atomic mass is 10.2. The summed E-state index contributed by atoms with van der Waals surface area (Å²) in [5, 5.41) is 0. The maximum Gasteiger partial charge on any atom is 0.153 e. The van der Waals surface area contributed by atoms with E-state index in [9.17, 15) is 4.79 Å². The molecule has 0 aliphatic heterocycles. The number of carbonyl (C=O) groups is 1. The Hall–Kier alpha value is -2.30. The molecule has 5 nitrogen and oxygen atoms in total. The molecule has 2 aromatic rings. The molecule has 2 rings (SSSR count). The van der Waals surface area contributed by atoms with Crippen LogP contribution in [-0.2, 0) is 13.2 Å². The van der Waals surface area contributed by atoms with Crippen LogP contribution >= 0.6 is 0 Å². The van der Waals surface area contributed by atoms with E-state index in [2.05, 4.69) is 11.9 Å². The smallest absolute Gasteiger partial charge is 0.153 e. The Morgan fingerprint density at radius 1 is 1.40 bits per heavy atom. The molecule has 0 radical (unpaired) electrons. The van der Waals surface area contributed by atoms with E-state index < -0.39 is 0 Å². The van der Waals surface area contributed by atoms with Gasteiger partial charge < -0.3 is 14.0 Å². The topological polar surface area (TPSA) is 53.4 Å². The van der Waals surface area contributed by atoms with Crippen LogP contribution in [0.3, 0.4) is 0 Å². The molecule has 20 heavy (non-hydrogen) atoms. The fourth-order valence-corrected chi connectivity index (χ4v) is 1.93. The molecule has 0 saturated carbocycles. The summed E-state index contributed by atoms with van der Waals surface area (Å²) < 4.78 is 12.9. The van der Waals surface area contributed by atoms with Gasteiger partial charge in [0.05, 0.1) is 30.9 Å². The molecule has 0 atom stereocenters. The van der Waals surface area contributed by atoms with E-state index in [0.717, 1.165) is 24.9 Å². The van der Waals surface area contributed by atoms with Gasteiger partial charge in [0, 0.05) is 12.6 Å². The molecule has 0 spiro atoms. The van der Waals surface area contributed by atoms with Gasteiger partial charge in [-0.25, -0.2) is 4.98 Å². The molecule has 5 heteroatoms. The quantitative estimate of drug-likeness (QED) is 0.728. The minimum absolute atomic E-state index is 0.369. The van der Waals surface area contributed by atoms with Crippen LogP contribution in [-0.4, -0.2) is 22.9 Å². The molecular formula is C15H18N2O3. The summed E-state index contributed by atoms with van der Waals surface area (Å²) in [7, 11) is 1.58. The van der Waals surface area contributed by atoms with Gasteiger partial charge >= 0.3 is 0 Å². The number of hydrogen-bond acceptors (Lipinski definition) is 4. The third-order valence-electron chi connectivity index (χ3n) is 2.99. The molecule has 0 saturated heterocycles. The van der Waals surface area contributed by atoms with Crippen LogP contribution in [0.1, 0.15) is 29.4 Å². The van der Waals surface area contributed by atoms with Crippen molar-refractivity contribution in [2.75, 3.05) is 7.11 Å². The first-order chi connectivity index (χ1) is 9.78. The lowest BCUT2D eigenvalue weighted by Gasteiger charge is -2.11. The van der Waals surface area contributed by atoms with E-state index in [0.29, 0.717) is 23.7 Å². The molecule has 106 valence electrons. The molecule has 0 N–H and O–H groups in total. The number of hydrogen-bond donors (Lipinski definition) is 0. The zero-order valence-corrected chi connectivity index (χ0v) is 11.7. The number of imidazole rings is 1. The number of aryl methyl sites for hydroxylation is 1. The van der Waals surface area contributed by atoms with Crippen molar-refractivity contribution in [2.45, 2.75) is 26.5 Å². The minimum atomic E-state index is 0.369. The van der Waals surface area contributed by atoms with Crippen LogP contribution in [0.5, 0.6) is 11.5 Å². The highest BCUT2D eigenvalue weighted by Crippen LogP contribution is 2.24. The Balaban J connectivity index is 2.13. The zero-order chi connectivity index (χ0) is 14.4. The second-order valence-electron chi connectivity index (χ2n) is 4.39. The summed E-state index contributed by atoms with van der Waals surface area (Å²) in [5.74, 6) is 1.18. The van der Waals surface area contributed by atoms with E-state index >= 15 is 0 Å². The van der Waals surface area contributed by atoms with Crippen molar-refractivity contribution < 1.29 is 14.3 Å². The summed E-state index contributed by atoms with van der Waals surface area (Å²) in [6.07, 6.45) is 5.37. The molecule has 0 fully saturated rings. The lowest BCUT2D eigenvalue weighted by molar-refractivity contribution is 0.111. The normalized spacial score (nSPS) is 10.3. The van der Waals surface area contributed by atoms with Crippen LogP contribution < -0.4 is 9.47 Å². The number of aromatic nitrogens is 2. The fourth-order valence-electron chi connectivity index (χ4n) is 1.93. The third-order valence-corrected chi connectivity index (χ3v) is 2.99. The van der Waals surface area contributed by atoms with Crippen LogP contribution in [0.25, 0.3) is 0 Å².